The van der Waals surface area contributed by atoms with E-state index in [-0.39, 0.29) is 11.8 Å². The maximum atomic E-state index is 12.5. The molecule has 21 heavy (non-hydrogen) atoms. The first-order chi connectivity index (χ1) is 10.2. The van der Waals surface area contributed by atoms with Crippen LogP contribution in [0.1, 0.15) is 28.5 Å². The van der Waals surface area contributed by atoms with Crippen LogP contribution < -0.4 is 10.6 Å². The van der Waals surface area contributed by atoms with Crippen molar-refractivity contribution in [1.29, 1.82) is 0 Å². The number of ketones is 1. The van der Waals surface area contributed by atoms with Crippen molar-refractivity contribution in [2.75, 3.05) is 11.9 Å². The number of Topliss-reactive ketones (excluding diaryl/α,β-unsaturated/α-hetero) is 1. The number of carbonyl (C=O) groups is 1. The molecule has 1 aliphatic rings. The Hall–Kier alpha value is -2.20. The molecule has 0 saturated heterocycles. The van der Waals surface area contributed by atoms with Gasteiger partial charge in [-0.05, 0) is 49.2 Å². The van der Waals surface area contributed by atoms with E-state index in [2.05, 4.69) is 15.6 Å². The quantitative estimate of drug-likeness (QED) is 0.826. The number of carbonyl (C=O) groups excluding carboxylic acids is 1. The second kappa shape index (κ2) is 6.06. The molecule has 4 nitrogen and oxygen atoms in total. The zero-order valence-electron chi connectivity index (χ0n) is 12.1. The van der Waals surface area contributed by atoms with Gasteiger partial charge >= 0.3 is 0 Å². The maximum Gasteiger partial charge on any atom is 0.179 e. The van der Waals surface area contributed by atoms with Gasteiger partial charge in [-0.3, -0.25) is 9.78 Å². The molecule has 1 aromatic heterocycles. The Bertz CT molecular complexity index is 640. The molecule has 1 aromatic carbocycles. The van der Waals surface area contributed by atoms with Crippen molar-refractivity contribution in [3.8, 4) is 0 Å². The molecule has 2 aromatic rings. The topological polar surface area (TPSA) is 54.0 Å². The molecule has 1 unspecified atom stereocenters. The van der Waals surface area contributed by atoms with Crippen molar-refractivity contribution in [3.05, 3.63) is 59.4 Å². The molecule has 0 amide bonds. The summed E-state index contributed by atoms with van der Waals surface area (Å²) >= 11 is 0. The van der Waals surface area contributed by atoms with Gasteiger partial charge in [-0.2, -0.15) is 0 Å². The molecule has 0 fully saturated rings. The van der Waals surface area contributed by atoms with Gasteiger partial charge < -0.3 is 10.6 Å². The summed E-state index contributed by atoms with van der Waals surface area (Å²) in [6, 6.07) is 11.5. The molecule has 1 aliphatic heterocycles. The predicted molar refractivity (Wildman–Crippen MR) is 83.5 cm³/mol. The van der Waals surface area contributed by atoms with Gasteiger partial charge in [0.1, 0.15) is 0 Å². The highest BCUT2D eigenvalue weighted by molar-refractivity contribution is 6.00. The third-order valence-electron chi connectivity index (χ3n) is 3.81. The van der Waals surface area contributed by atoms with E-state index in [4.69, 9.17) is 0 Å². The minimum atomic E-state index is -0.223. The van der Waals surface area contributed by atoms with Crippen molar-refractivity contribution < 1.29 is 4.79 Å². The van der Waals surface area contributed by atoms with Crippen LogP contribution in [0.5, 0.6) is 0 Å². The van der Waals surface area contributed by atoms with Crippen LogP contribution in [0.2, 0.25) is 0 Å². The number of aromatic nitrogens is 1. The van der Waals surface area contributed by atoms with Gasteiger partial charge in [-0.25, -0.2) is 0 Å². The molecule has 0 spiro atoms. The smallest absolute Gasteiger partial charge is 0.179 e. The monoisotopic (exact) mass is 281 g/mol. The molecule has 0 radical (unpaired) electrons. The van der Waals surface area contributed by atoms with E-state index < -0.39 is 0 Å². The van der Waals surface area contributed by atoms with Gasteiger partial charge in [-0.1, -0.05) is 6.07 Å². The van der Waals surface area contributed by atoms with Crippen molar-refractivity contribution >= 4 is 11.5 Å². The first-order valence-corrected chi connectivity index (χ1v) is 7.28. The zero-order chi connectivity index (χ0) is 14.7. The van der Waals surface area contributed by atoms with Crippen LogP contribution in [0.25, 0.3) is 0 Å². The minimum Gasteiger partial charge on any atom is -0.384 e. The molecule has 0 aliphatic carbocycles. The summed E-state index contributed by atoms with van der Waals surface area (Å²) in [7, 11) is 0. The Labute approximate surface area is 124 Å². The van der Waals surface area contributed by atoms with E-state index >= 15 is 0 Å². The largest absolute Gasteiger partial charge is 0.384 e. The van der Waals surface area contributed by atoms with Crippen LogP contribution in [-0.2, 0) is 13.0 Å². The SMILES string of the molecule is CC(NCc1ccccn1)C(=O)c1ccc2c(c1)CCN2. The Morgan fingerprint density at radius 1 is 1.38 bits per heavy atom. The van der Waals surface area contributed by atoms with E-state index in [0.29, 0.717) is 6.54 Å². The highest BCUT2D eigenvalue weighted by Crippen LogP contribution is 2.23. The molecule has 0 bridgehead atoms. The number of pyridine rings is 1. The fourth-order valence-electron chi connectivity index (χ4n) is 2.56. The fraction of sp³-hybridized carbons (Fsp3) is 0.294. The third kappa shape index (κ3) is 3.11. The number of hydrogen-bond acceptors (Lipinski definition) is 4. The first-order valence-electron chi connectivity index (χ1n) is 7.28. The Morgan fingerprint density at radius 2 is 2.29 bits per heavy atom. The molecule has 2 N–H and O–H groups in total. The summed E-state index contributed by atoms with van der Waals surface area (Å²) in [5.74, 6) is 0.126. The Balaban J connectivity index is 1.64. The lowest BCUT2D eigenvalue weighted by molar-refractivity contribution is 0.0950. The summed E-state index contributed by atoms with van der Waals surface area (Å²) in [6.45, 7) is 3.46. The summed E-state index contributed by atoms with van der Waals surface area (Å²) in [6.07, 6.45) is 2.75. The normalized spacial score (nSPS) is 14.3. The minimum absolute atomic E-state index is 0.126. The molecule has 0 saturated carbocycles. The number of nitrogens with one attached hydrogen (secondary N) is 2. The van der Waals surface area contributed by atoms with E-state index in [0.717, 1.165) is 29.9 Å². The summed E-state index contributed by atoms with van der Waals surface area (Å²) in [4.78, 5) is 16.7. The Kier molecular flexibility index (Phi) is 3.97. The lowest BCUT2D eigenvalue weighted by Gasteiger charge is -2.13. The van der Waals surface area contributed by atoms with Crippen LogP contribution in [0.3, 0.4) is 0 Å². The summed E-state index contributed by atoms with van der Waals surface area (Å²) in [5, 5.41) is 6.54. The molecule has 3 rings (SSSR count). The molecular weight excluding hydrogens is 262 g/mol. The first kappa shape index (κ1) is 13.8. The van der Waals surface area contributed by atoms with Gasteiger partial charge in [0, 0.05) is 30.5 Å². The zero-order valence-corrected chi connectivity index (χ0v) is 12.1. The van der Waals surface area contributed by atoms with E-state index in [1.54, 1.807) is 6.20 Å². The van der Waals surface area contributed by atoms with Crippen LogP contribution >= 0.6 is 0 Å². The van der Waals surface area contributed by atoms with Crippen LogP contribution in [0, 0.1) is 0 Å². The van der Waals surface area contributed by atoms with Gasteiger partial charge in [0.05, 0.1) is 11.7 Å². The number of anilines is 1. The second-order valence-corrected chi connectivity index (χ2v) is 5.34. The highest BCUT2D eigenvalue weighted by atomic mass is 16.1. The third-order valence-corrected chi connectivity index (χ3v) is 3.81. The summed E-state index contributed by atoms with van der Waals surface area (Å²) < 4.78 is 0. The van der Waals surface area contributed by atoms with Crippen LogP contribution in [-0.4, -0.2) is 23.4 Å². The number of rotatable bonds is 5. The van der Waals surface area contributed by atoms with Crippen LogP contribution in [0.15, 0.2) is 42.6 Å². The maximum absolute atomic E-state index is 12.5. The molecule has 108 valence electrons. The number of fused-ring (bicyclic) bond motifs is 1. The molecular formula is C17H19N3O. The average Bonchev–Trinajstić information content (AvgIpc) is 3.00. The highest BCUT2D eigenvalue weighted by Gasteiger charge is 2.17. The van der Waals surface area contributed by atoms with Crippen molar-refractivity contribution in [1.82, 2.24) is 10.3 Å². The van der Waals surface area contributed by atoms with E-state index in [9.17, 15) is 4.79 Å². The number of hydrogen-bond donors (Lipinski definition) is 2. The second-order valence-electron chi connectivity index (χ2n) is 5.34. The molecule has 1 atom stereocenters. The van der Waals surface area contributed by atoms with Gasteiger partial charge in [0.15, 0.2) is 5.78 Å². The van der Waals surface area contributed by atoms with Crippen molar-refractivity contribution in [2.45, 2.75) is 25.9 Å². The van der Waals surface area contributed by atoms with E-state index in [1.165, 1.54) is 5.56 Å². The van der Waals surface area contributed by atoms with E-state index in [1.807, 2.05) is 43.3 Å². The Morgan fingerprint density at radius 3 is 3.10 bits per heavy atom. The lowest BCUT2D eigenvalue weighted by Crippen LogP contribution is -2.33. The summed E-state index contributed by atoms with van der Waals surface area (Å²) in [5.41, 5.74) is 4.10. The molecule has 4 heteroatoms. The number of nitrogens with zero attached hydrogens (tertiary/aromatic N) is 1. The molecule has 2 heterocycles. The van der Waals surface area contributed by atoms with Crippen molar-refractivity contribution in [3.63, 3.8) is 0 Å². The average molecular weight is 281 g/mol. The lowest BCUT2D eigenvalue weighted by atomic mass is 10.0. The standard InChI is InChI=1S/C17H19N3O/c1-12(20-11-15-4-2-3-8-18-15)17(21)14-5-6-16-13(10-14)7-9-19-16/h2-6,8,10,12,19-20H,7,9,11H2,1H3. The fourth-order valence-corrected chi connectivity index (χ4v) is 2.56. The van der Waals surface area contributed by atoms with Gasteiger partial charge in [0.2, 0.25) is 0 Å². The number of benzene rings is 1. The van der Waals surface area contributed by atoms with Crippen LogP contribution in [0.4, 0.5) is 5.69 Å². The van der Waals surface area contributed by atoms with Gasteiger partial charge in [0.25, 0.3) is 0 Å². The van der Waals surface area contributed by atoms with Gasteiger partial charge in [-0.15, -0.1) is 0 Å². The van der Waals surface area contributed by atoms with Crippen molar-refractivity contribution in [2.24, 2.45) is 0 Å². The predicted octanol–water partition coefficient (Wildman–Crippen LogP) is 2.41.